The topological polar surface area (TPSA) is 43.4 Å². The van der Waals surface area contributed by atoms with Crippen LogP contribution in [0.4, 0.5) is 13.2 Å². The molecule has 3 nitrogen and oxygen atoms in total. The van der Waals surface area contributed by atoms with Gasteiger partial charge < -0.3 is 0 Å². The molecule has 0 N–H and O–H groups in total. The molecule has 0 aromatic heterocycles. The van der Waals surface area contributed by atoms with Crippen molar-refractivity contribution in [3.63, 3.8) is 0 Å². The van der Waals surface area contributed by atoms with Gasteiger partial charge in [0.25, 0.3) is 0 Å². The molecule has 0 aliphatic carbocycles. The van der Waals surface area contributed by atoms with Gasteiger partial charge in [0.15, 0.2) is 0 Å². The van der Waals surface area contributed by atoms with E-state index in [0.29, 0.717) is 12.8 Å². The standard InChI is InChI=1S/C20H24F3O3PS/c1-3-27(2,26-28(24,25)20(21,22)23)18(16-10-6-4-7-11-16)14-15-19(27)17-12-8-5-9-13-17/h4-13,18-19H,3,14-15H2,1-2H3/t18-,19-/m1/s1. The minimum atomic E-state index is -5.73. The van der Waals surface area contributed by atoms with Gasteiger partial charge >= 0.3 is 164 Å². The van der Waals surface area contributed by atoms with E-state index in [0.717, 1.165) is 11.1 Å². The SMILES string of the molecule is CCP1(C)(OS(=O)(=O)C(F)(F)F)[C@@H](c2ccccc2)CC[C@@H]1c1ccccc1. The van der Waals surface area contributed by atoms with Gasteiger partial charge in [-0.25, -0.2) is 0 Å². The maximum absolute atomic E-state index is 13.3. The molecule has 2 atom stereocenters. The summed E-state index contributed by atoms with van der Waals surface area (Å²) in [7, 11) is -5.73. The fourth-order valence-corrected chi connectivity index (χ4v) is 13.4. The summed E-state index contributed by atoms with van der Waals surface area (Å²) in [5.74, 6) is 0. The molecule has 0 radical (unpaired) electrons. The summed E-state index contributed by atoms with van der Waals surface area (Å²) in [4.78, 5) is 0. The van der Waals surface area contributed by atoms with Crippen molar-refractivity contribution in [1.82, 2.24) is 0 Å². The third-order valence-corrected chi connectivity index (χ3v) is 15.3. The van der Waals surface area contributed by atoms with Crippen molar-refractivity contribution in [2.45, 2.75) is 36.6 Å². The van der Waals surface area contributed by atoms with Crippen molar-refractivity contribution >= 4 is 16.9 Å². The molecule has 0 spiro atoms. The fraction of sp³-hybridized carbons (Fsp3) is 0.400. The predicted molar refractivity (Wildman–Crippen MR) is 107 cm³/mol. The van der Waals surface area contributed by atoms with Gasteiger partial charge in [0.05, 0.1) is 0 Å². The van der Waals surface area contributed by atoms with Crippen molar-refractivity contribution in [2.24, 2.45) is 0 Å². The molecule has 0 saturated carbocycles. The first-order valence-corrected chi connectivity index (χ1v) is 13.5. The Kier molecular flexibility index (Phi) is 5.41. The number of benzene rings is 2. The molecular weight excluding hydrogens is 408 g/mol. The molecule has 0 bridgehead atoms. The number of rotatable bonds is 5. The normalized spacial score (nSPS) is 25.7. The second-order valence-electron chi connectivity index (χ2n) is 7.59. The molecular formula is C20H24F3O3PS. The molecule has 1 fully saturated rings. The number of hydrogen-bond acceptors (Lipinski definition) is 3. The molecule has 1 heterocycles. The van der Waals surface area contributed by atoms with Crippen LogP contribution in [-0.4, -0.2) is 26.8 Å². The zero-order valence-electron chi connectivity index (χ0n) is 15.8. The maximum atomic E-state index is 13.3. The van der Waals surface area contributed by atoms with Gasteiger partial charge in [-0.1, -0.05) is 0 Å². The van der Waals surface area contributed by atoms with E-state index >= 15 is 0 Å². The zero-order valence-corrected chi connectivity index (χ0v) is 17.5. The zero-order chi connectivity index (χ0) is 20.7. The Morgan fingerprint density at radius 2 is 1.32 bits per heavy atom. The van der Waals surface area contributed by atoms with Gasteiger partial charge in [0.2, 0.25) is 0 Å². The summed E-state index contributed by atoms with van der Waals surface area (Å²) in [6.45, 7) is -0.482. The van der Waals surface area contributed by atoms with Gasteiger partial charge in [-0.05, 0) is 0 Å². The van der Waals surface area contributed by atoms with Crippen LogP contribution in [-0.2, 0) is 14.1 Å². The molecule has 28 heavy (non-hydrogen) atoms. The van der Waals surface area contributed by atoms with Crippen LogP contribution in [0.1, 0.15) is 42.2 Å². The molecule has 2 aromatic carbocycles. The molecule has 1 aliphatic heterocycles. The summed E-state index contributed by atoms with van der Waals surface area (Å²) < 4.78 is 69.8. The summed E-state index contributed by atoms with van der Waals surface area (Å²) in [5.41, 5.74) is -4.53. The summed E-state index contributed by atoms with van der Waals surface area (Å²) in [6, 6.07) is 18.3. The van der Waals surface area contributed by atoms with Crippen LogP contribution in [0, 0.1) is 0 Å². The van der Waals surface area contributed by atoms with Gasteiger partial charge in [-0.2, -0.15) is 0 Å². The van der Waals surface area contributed by atoms with Crippen LogP contribution < -0.4 is 0 Å². The van der Waals surface area contributed by atoms with E-state index in [-0.39, 0.29) is 17.5 Å². The molecule has 1 saturated heterocycles. The number of alkyl halides is 3. The first-order valence-electron chi connectivity index (χ1n) is 9.16. The van der Waals surface area contributed by atoms with Crippen molar-refractivity contribution in [1.29, 1.82) is 0 Å². The number of hydrogen-bond donors (Lipinski definition) is 0. The summed E-state index contributed by atoms with van der Waals surface area (Å²) >= 11 is 0. The van der Waals surface area contributed by atoms with E-state index in [1.54, 1.807) is 13.6 Å². The van der Waals surface area contributed by atoms with Crippen LogP contribution in [0.5, 0.6) is 0 Å². The van der Waals surface area contributed by atoms with E-state index in [9.17, 15) is 21.6 Å². The minimum absolute atomic E-state index is 0.236. The molecule has 0 amide bonds. The van der Waals surface area contributed by atoms with E-state index in [1.807, 2.05) is 60.7 Å². The van der Waals surface area contributed by atoms with E-state index in [2.05, 4.69) is 0 Å². The Labute approximate surface area is 164 Å². The summed E-state index contributed by atoms with van der Waals surface area (Å²) in [6.07, 6.45) is 1.40. The molecule has 0 unspecified atom stereocenters. The fourth-order valence-electron chi connectivity index (χ4n) is 4.64. The van der Waals surface area contributed by atoms with Crippen LogP contribution >= 0.6 is 6.83 Å². The third kappa shape index (κ3) is 3.38. The molecule has 2 aromatic rings. The molecule has 3 rings (SSSR count). The first-order chi connectivity index (χ1) is 13.0. The van der Waals surface area contributed by atoms with Gasteiger partial charge in [-0.15, -0.1) is 0 Å². The average Bonchev–Trinajstić information content (AvgIpc) is 2.95. The Morgan fingerprint density at radius 1 is 0.929 bits per heavy atom. The van der Waals surface area contributed by atoms with Crippen LogP contribution in [0.2, 0.25) is 0 Å². The number of halogens is 3. The van der Waals surface area contributed by atoms with Crippen LogP contribution in [0.15, 0.2) is 60.7 Å². The van der Waals surface area contributed by atoms with Gasteiger partial charge in [-0.3, -0.25) is 0 Å². The molecule has 1 aliphatic rings. The first kappa shape index (κ1) is 21.3. The van der Waals surface area contributed by atoms with Gasteiger partial charge in [0, 0.05) is 0 Å². The Hall–Kier alpha value is -1.43. The van der Waals surface area contributed by atoms with Crippen molar-refractivity contribution in [3.8, 4) is 0 Å². The van der Waals surface area contributed by atoms with Crippen LogP contribution in [0.25, 0.3) is 0 Å². The van der Waals surface area contributed by atoms with Crippen molar-refractivity contribution in [3.05, 3.63) is 71.8 Å². The molecule has 154 valence electrons. The average molecular weight is 432 g/mol. The predicted octanol–water partition coefficient (Wildman–Crippen LogP) is 6.25. The van der Waals surface area contributed by atoms with Gasteiger partial charge in [0.1, 0.15) is 0 Å². The summed E-state index contributed by atoms with van der Waals surface area (Å²) in [5, 5.41) is 0. The Balaban J connectivity index is 2.23. The van der Waals surface area contributed by atoms with Crippen molar-refractivity contribution in [2.75, 3.05) is 12.8 Å². The molecule has 8 heteroatoms. The Bertz CT molecular complexity index is 883. The quantitative estimate of drug-likeness (QED) is 0.415. The van der Waals surface area contributed by atoms with Crippen molar-refractivity contribution < 1.29 is 25.6 Å². The second-order valence-corrected chi connectivity index (χ2v) is 15.2. The monoisotopic (exact) mass is 432 g/mol. The van der Waals surface area contributed by atoms with E-state index in [4.69, 9.17) is 3.97 Å². The third-order valence-electron chi connectivity index (χ3n) is 6.17. The van der Waals surface area contributed by atoms with E-state index < -0.39 is 22.5 Å². The van der Waals surface area contributed by atoms with E-state index in [1.165, 1.54) is 0 Å². The van der Waals surface area contributed by atoms with Crippen LogP contribution in [0.3, 0.4) is 0 Å². The second kappa shape index (κ2) is 7.12. The Morgan fingerprint density at radius 3 is 1.64 bits per heavy atom.